The van der Waals surface area contributed by atoms with E-state index in [1.165, 1.54) is 0 Å². The summed E-state index contributed by atoms with van der Waals surface area (Å²) in [4.78, 5) is 26.0. The van der Waals surface area contributed by atoms with Crippen molar-refractivity contribution in [3.05, 3.63) is 34.4 Å². The number of carbonyl (C=O) groups excluding carboxylic acids is 2. The van der Waals surface area contributed by atoms with Gasteiger partial charge in [0, 0.05) is 0 Å². The molecule has 0 spiro atoms. The first-order valence-corrected chi connectivity index (χ1v) is 4.64. The third-order valence-corrected chi connectivity index (χ3v) is 1.95. The van der Waals surface area contributed by atoms with Crippen molar-refractivity contribution < 1.29 is 23.2 Å². The second-order valence-electron chi connectivity index (χ2n) is 2.93. The maximum absolute atomic E-state index is 12.8. The molecule has 0 unspecified atom stereocenters. The highest BCUT2D eigenvalue weighted by molar-refractivity contribution is 6.33. The number of hydroxylamine groups is 1. The third kappa shape index (κ3) is 3.65. The number of halogens is 3. The highest BCUT2D eigenvalue weighted by atomic mass is 35.5. The number of hydrogen-bond donors (Lipinski definition) is 2. The van der Waals surface area contributed by atoms with Gasteiger partial charge in [0.05, 0.1) is 10.6 Å². The monoisotopic (exact) mass is 264 g/mol. The molecule has 0 saturated carbocycles. The summed E-state index contributed by atoms with van der Waals surface area (Å²) in [5, 5.41) is -0.288. The molecular formula is C9H7ClF2N2O3. The van der Waals surface area contributed by atoms with Crippen LogP contribution in [0.1, 0.15) is 10.4 Å². The van der Waals surface area contributed by atoms with Crippen LogP contribution in [-0.2, 0) is 9.63 Å². The average molecular weight is 265 g/mol. The number of benzene rings is 1. The molecular weight excluding hydrogens is 258 g/mol. The Hall–Kier alpha value is -1.73. The van der Waals surface area contributed by atoms with Gasteiger partial charge in [-0.3, -0.25) is 14.4 Å². The lowest BCUT2D eigenvalue weighted by Crippen LogP contribution is -2.29. The Morgan fingerprint density at radius 3 is 2.53 bits per heavy atom. The molecule has 1 aromatic carbocycles. The van der Waals surface area contributed by atoms with Crippen molar-refractivity contribution in [2.24, 2.45) is 5.73 Å². The molecule has 8 heteroatoms. The number of hydrogen-bond acceptors (Lipinski definition) is 3. The molecule has 5 nitrogen and oxygen atoms in total. The average Bonchev–Trinajstić information content (AvgIpc) is 2.22. The lowest BCUT2D eigenvalue weighted by atomic mass is 10.2. The molecule has 0 atom stereocenters. The standard InChI is InChI=1S/C9H7ClF2N2O3/c10-5-2-7(12)6(11)1-4(5)9(16)14-17-3-8(13)15/h1-2H,3H2,(H2,13,15)(H,14,16). The van der Waals surface area contributed by atoms with Gasteiger partial charge >= 0.3 is 0 Å². The van der Waals surface area contributed by atoms with Gasteiger partial charge in [0.2, 0.25) is 5.91 Å². The number of carbonyl (C=O) groups is 2. The van der Waals surface area contributed by atoms with Gasteiger partial charge in [-0.1, -0.05) is 11.6 Å². The fourth-order valence-corrected chi connectivity index (χ4v) is 1.16. The Morgan fingerprint density at radius 2 is 1.94 bits per heavy atom. The van der Waals surface area contributed by atoms with E-state index in [9.17, 15) is 18.4 Å². The molecule has 0 heterocycles. The van der Waals surface area contributed by atoms with Crippen LogP contribution < -0.4 is 11.2 Å². The summed E-state index contributed by atoms with van der Waals surface area (Å²) < 4.78 is 25.5. The van der Waals surface area contributed by atoms with Crippen LogP contribution in [0.5, 0.6) is 0 Å². The summed E-state index contributed by atoms with van der Waals surface area (Å²) >= 11 is 5.52. The van der Waals surface area contributed by atoms with Gasteiger partial charge < -0.3 is 5.73 Å². The second kappa shape index (κ2) is 5.55. The van der Waals surface area contributed by atoms with E-state index in [4.69, 9.17) is 17.3 Å². The van der Waals surface area contributed by atoms with E-state index in [2.05, 4.69) is 4.84 Å². The van der Waals surface area contributed by atoms with Crippen LogP contribution in [0, 0.1) is 11.6 Å². The quantitative estimate of drug-likeness (QED) is 0.622. The zero-order chi connectivity index (χ0) is 13.0. The molecule has 1 aromatic rings. The van der Waals surface area contributed by atoms with Gasteiger partial charge in [0.1, 0.15) is 0 Å². The number of nitrogens with one attached hydrogen (secondary N) is 1. The third-order valence-electron chi connectivity index (χ3n) is 1.63. The summed E-state index contributed by atoms with van der Waals surface area (Å²) in [6.45, 7) is -0.549. The van der Waals surface area contributed by atoms with Gasteiger partial charge in [-0.15, -0.1) is 0 Å². The number of nitrogens with two attached hydrogens (primary N) is 1. The van der Waals surface area contributed by atoms with E-state index < -0.39 is 30.1 Å². The zero-order valence-corrected chi connectivity index (χ0v) is 9.05. The van der Waals surface area contributed by atoms with Crippen LogP contribution >= 0.6 is 11.6 Å². The fourth-order valence-electron chi connectivity index (χ4n) is 0.924. The van der Waals surface area contributed by atoms with Gasteiger partial charge in [-0.05, 0) is 12.1 Å². The van der Waals surface area contributed by atoms with Crippen molar-refractivity contribution in [2.45, 2.75) is 0 Å². The molecule has 0 aromatic heterocycles. The minimum Gasteiger partial charge on any atom is -0.368 e. The van der Waals surface area contributed by atoms with Gasteiger partial charge in [-0.2, -0.15) is 0 Å². The topological polar surface area (TPSA) is 81.4 Å². The lowest BCUT2D eigenvalue weighted by molar-refractivity contribution is -0.124. The highest BCUT2D eigenvalue weighted by Gasteiger charge is 2.15. The van der Waals surface area contributed by atoms with Gasteiger partial charge in [0.25, 0.3) is 5.91 Å². The molecule has 0 radical (unpaired) electrons. The Bertz CT molecular complexity index is 468. The van der Waals surface area contributed by atoms with E-state index in [1.807, 2.05) is 0 Å². The molecule has 0 saturated heterocycles. The molecule has 3 N–H and O–H groups in total. The van der Waals surface area contributed by atoms with Crippen LogP contribution in [0.15, 0.2) is 12.1 Å². The lowest BCUT2D eigenvalue weighted by Gasteiger charge is -2.06. The maximum atomic E-state index is 12.8. The van der Waals surface area contributed by atoms with Gasteiger partial charge in [-0.25, -0.2) is 14.3 Å². The summed E-state index contributed by atoms with van der Waals surface area (Å²) in [5.74, 6) is -4.13. The van der Waals surface area contributed by atoms with Crippen molar-refractivity contribution in [3.63, 3.8) is 0 Å². The first-order chi connectivity index (χ1) is 7.91. The molecule has 0 bridgehead atoms. The molecule has 0 aliphatic carbocycles. The Balaban J connectivity index is 2.75. The smallest absolute Gasteiger partial charge is 0.276 e. The molecule has 92 valence electrons. The van der Waals surface area contributed by atoms with Crippen LogP contribution in [-0.4, -0.2) is 18.4 Å². The predicted molar refractivity (Wildman–Crippen MR) is 54.0 cm³/mol. The number of primary amides is 1. The van der Waals surface area contributed by atoms with Crippen molar-refractivity contribution in [2.75, 3.05) is 6.61 Å². The summed E-state index contributed by atoms with van der Waals surface area (Å²) in [6.07, 6.45) is 0. The molecule has 17 heavy (non-hydrogen) atoms. The van der Waals surface area contributed by atoms with Crippen LogP contribution in [0.4, 0.5) is 8.78 Å². The molecule has 0 fully saturated rings. The van der Waals surface area contributed by atoms with Crippen LogP contribution in [0.25, 0.3) is 0 Å². The Labute approximate surface area is 99.4 Å². The van der Waals surface area contributed by atoms with E-state index >= 15 is 0 Å². The minimum absolute atomic E-state index is 0.288. The molecule has 0 aliphatic rings. The van der Waals surface area contributed by atoms with Crippen molar-refractivity contribution >= 4 is 23.4 Å². The highest BCUT2D eigenvalue weighted by Crippen LogP contribution is 2.19. The Morgan fingerprint density at radius 1 is 1.35 bits per heavy atom. The molecule has 0 aliphatic heterocycles. The van der Waals surface area contributed by atoms with Crippen LogP contribution in [0.3, 0.4) is 0 Å². The summed E-state index contributed by atoms with van der Waals surface area (Å²) in [5.41, 5.74) is 6.22. The molecule has 2 amide bonds. The minimum atomic E-state index is -1.23. The Kier molecular flexibility index (Phi) is 4.36. The van der Waals surface area contributed by atoms with Crippen molar-refractivity contribution in [1.29, 1.82) is 0 Å². The number of rotatable bonds is 4. The van der Waals surface area contributed by atoms with E-state index in [-0.39, 0.29) is 10.6 Å². The SMILES string of the molecule is NC(=O)CONC(=O)c1cc(F)c(F)cc1Cl. The van der Waals surface area contributed by atoms with E-state index in [1.54, 1.807) is 5.48 Å². The normalized spacial score (nSPS) is 10.1. The van der Waals surface area contributed by atoms with E-state index in [0.29, 0.717) is 12.1 Å². The fraction of sp³-hybridized carbons (Fsp3) is 0.111. The zero-order valence-electron chi connectivity index (χ0n) is 8.30. The first-order valence-electron chi connectivity index (χ1n) is 4.26. The summed E-state index contributed by atoms with van der Waals surface area (Å²) in [6, 6.07) is 1.26. The summed E-state index contributed by atoms with van der Waals surface area (Å²) in [7, 11) is 0. The maximum Gasteiger partial charge on any atom is 0.276 e. The van der Waals surface area contributed by atoms with E-state index in [0.717, 1.165) is 0 Å². The first kappa shape index (κ1) is 13.3. The van der Waals surface area contributed by atoms with Crippen molar-refractivity contribution in [1.82, 2.24) is 5.48 Å². The van der Waals surface area contributed by atoms with Crippen molar-refractivity contribution in [3.8, 4) is 0 Å². The van der Waals surface area contributed by atoms with Gasteiger partial charge in [0.15, 0.2) is 18.2 Å². The number of amides is 2. The second-order valence-corrected chi connectivity index (χ2v) is 3.34. The largest absolute Gasteiger partial charge is 0.368 e. The molecule has 1 rings (SSSR count). The van der Waals surface area contributed by atoms with Crippen LogP contribution in [0.2, 0.25) is 5.02 Å². The predicted octanol–water partition coefficient (Wildman–Crippen LogP) is 0.765.